The molecule has 0 amide bonds. The van der Waals surface area contributed by atoms with E-state index in [-0.39, 0.29) is 0 Å². The summed E-state index contributed by atoms with van der Waals surface area (Å²) < 4.78 is 23.0. The van der Waals surface area contributed by atoms with Crippen molar-refractivity contribution in [1.82, 2.24) is 9.88 Å². The topological polar surface area (TPSA) is 57.0 Å². The van der Waals surface area contributed by atoms with Gasteiger partial charge in [0.05, 0.1) is 20.8 Å². The maximum Gasteiger partial charge on any atom is 0.220 e. The van der Waals surface area contributed by atoms with Crippen molar-refractivity contribution in [3.63, 3.8) is 0 Å². The number of hydrogen-bond donors (Lipinski definition) is 0. The maximum atomic E-state index is 6.08. The lowest BCUT2D eigenvalue weighted by molar-refractivity contribution is 0.224. The first kappa shape index (κ1) is 23.7. The van der Waals surface area contributed by atoms with Crippen molar-refractivity contribution in [3.05, 3.63) is 47.9 Å². The highest BCUT2D eigenvalue weighted by Gasteiger charge is 2.14. The van der Waals surface area contributed by atoms with Crippen molar-refractivity contribution in [2.24, 2.45) is 0 Å². The van der Waals surface area contributed by atoms with Crippen molar-refractivity contribution in [3.8, 4) is 17.2 Å². The molecule has 0 aliphatic heterocycles. The molecule has 1 aromatic heterocycles. The second kappa shape index (κ2) is 12.2. The quantitative estimate of drug-likeness (QED) is 0.309. The Hall–Kier alpha value is -2.99. The molecule has 0 atom stereocenters. The smallest absolute Gasteiger partial charge is 0.220 e. The second-order valence-electron chi connectivity index (χ2n) is 7.65. The highest BCUT2D eigenvalue weighted by molar-refractivity contribution is 5.76. The van der Waals surface area contributed by atoms with Gasteiger partial charge < -0.3 is 23.5 Å². The van der Waals surface area contributed by atoms with Gasteiger partial charge in [-0.15, -0.1) is 0 Å². The number of oxazole rings is 1. The van der Waals surface area contributed by atoms with Crippen molar-refractivity contribution in [1.29, 1.82) is 0 Å². The molecule has 3 aromatic rings. The van der Waals surface area contributed by atoms with Gasteiger partial charge in [0, 0.05) is 12.6 Å². The number of para-hydroxylation sites is 2. The molecule has 0 spiro atoms. The molecule has 0 aliphatic rings. The largest absolute Gasteiger partial charge is 0.493 e. The first-order valence-corrected chi connectivity index (χ1v) is 11.3. The van der Waals surface area contributed by atoms with E-state index in [0.717, 1.165) is 42.7 Å². The first-order valence-electron chi connectivity index (χ1n) is 11.3. The zero-order valence-electron chi connectivity index (χ0n) is 19.6. The van der Waals surface area contributed by atoms with Crippen molar-refractivity contribution < 1.29 is 18.6 Å². The average molecular weight is 439 g/mol. The van der Waals surface area contributed by atoms with Gasteiger partial charge in [-0.05, 0) is 68.3 Å². The molecule has 0 fully saturated rings. The van der Waals surface area contributed by atoms with Crippen LogP contribution in [0.2, 0.25) is 0 Å². The summed E-state index contributed by atoms with van der Waals surface area (Å²) in [5, 5.41) is 0. The van der Waals surface area contributed by atoms with Gasteiger partial charge in [-0.3, -0.25) is 0 Å². The van der Waals surface area contributed by atoms with Gasteiger partial charge in [0.15, 0.2) is 17.1 Å². The monoisotopic (exact) mass is 438 g/mol. The fourth-order valence-electron chi connectivity index (χ4n) is 3.70. The predicted molar refractivity (Wildman–Crippen MR) is 130 cm³/mol. The van der Waals surface area contributed by atoms with Crippen LogP contribution in [0.4, 0.5) is 0 Å². The van der Waals surface area contributed by atoms with Crippen LogP contribution >= 0.6 is 0 Å². The van der Waals surface area contributed by atoms with Crippen LogP contribution in [0.3, 0.4) is 0 Å². The Labute approximate surface area is 190 Å². The second-order valence-corrected chi connectivity index (χ2v) is 7.65. The van der Waals surface area contributed by atoms with E-state index in [1.165, 1.54) is 12.8 Å². The van der Waals surface area contributed by atoms with E-state index in [2.05, 4.69) is 23.7 Å². The summed E-state index contributed by atoms with van der Waals surface area (Å²) in [6.45, 7) is 8.32. The fourth-order valence-corrected chi connectivity index (χ4v) is 3.70. The van der Waals surface area contributed by atoms with Gasteiger partial charge in [0.1, 0.15) is 5.52 Å². The standard InChI is InChI=1S/C26H34N2O4/c1-5-14-28(15-6-2)16-9-17-31-26-23(29-3)18-20(19-24(26)30-4)12-13-25-27-21-10-7-8-11-22(21)32-25/h7-8,10-13,18-19H,5-6,9,14-17H2,1-4H3/b13-12+. The lowest BCUT2D eigenvalue weighted by Crippen LogP contribution is -2.27. The minimum atomic E-state index is 0.549. The summed E-state index contributed by atoms with van der Waals surface area (Å²) in [5.41, 5.74) is 2.51. The van der Waals surface area contributed by atoms with E-state index < -0.39 is 0 Å². The first-order chi connectivity index (χ1) is 15.7. The normalized spacial score (nSPS) is 11.5. The molecule has 1 heterocycles. The molecule has 0 bridgehead atoms. The van der Waals surface area contributed by atoms with Gasteiger partial charge in [-0.25, -0.2) is 4.98 Å². The molecule has 2 aromatic carbocycles. The summed E-state index contributed by atoms with van der Waals surface area (Å²) in [5.74, 6) is 2.46. The van der Waals surface area contributed by atoms with Crippen molar-refractivity contribution >= 4 is 23.3 Å². The van der Waals surface area contributed by atoms with Crippen LogP contribution in [0.25, 0.3) is 23.3 Å². The molecule has 0 aliphatic carbocycles. The number of nitrogens with zero attached hydrogens (tertiary/aromatic N) is 2. The summed E-state index contributed by atoms with van der Waals surface area (Å²) >= 11 is 0. The van der Waals surface area contributed by atoms with Gasteiger partial charge in [-0.2, -0.15) is 0 Å². The minimum absolute atomic E-state index is 0.549. The molecule has 0 saturated carbocycles. The van der Waals surface area contributed by atoms with Gasteiger partial charge in [0.25, 0.3) is 0 Å². The van der Waals surface area contributed by atoms with Crippen LogP contribution in [-0.4, -0.2) is 50.3 Å². The summed E-state index contributed by atoms with van der Waals surface area (Å²) in [4.78, 5) is 6.96. The molecule has 32 heavy (non-hydrogen) atoms. The van der Waals surface area contributed by atoms with E-state index in [1.807, 2.05) is 48.6 Å². The summed E-state index contributed by atoms with van der Waals surface area (Å²) in [6, 6.07) is 11.6. The van der Waals surface area contributed by atoms with Crippen LogP contribution in [0.15, 0.2) is 40.8 Å². The van der Waals surface area contributed by atoms with Crippen LogP contribution in [0.5, 0.6) is 17.2 Å². The minimum Gasteiger partial charge on any atom is -0.493 e. The van der Waals surface area contributed by atoms with Crippen molar-refractivity contribution in [2.45, 2.75) is 33.1 Å². The zero-order valence-corrected chi connectivity index (χ0v) is 19.6. The number of hydrogen-bond acceptors (Lipinski definition) is 6. The third kappa shape index (κ3) is 6.26. The molecule has 0 N–H and O–H groups in total. The molecule has 6 heteroatoms. The Balaban J connectivity index is 1.68. The highest BCUT2D eigenvalue weighted by Crippen LogP contribution is 2.39. The molecule has 0 unspecified atom stereocenters. The average Bonchev–Trinajstić information content (AvgIpc) is 3.23. The van der Waals surface area contributed by atoms with Crippen LogP contribution < -0.4 is 14.2 Å². The van der Waals surface area contributed by atoms with E-state index in [0.29, 0.717) is 29.7 Å². The lowest BCUT2D eigenvalue weighted by atomic mass is 10.1. The van der Waals surface area contributed by atoms with E-state index >= 15 is 0 Å². The van der Waals surface area contributed by atoms with E-state index in [4.69, 9.17) is 18.6 Å². The molecule has 0 radical (unpaired) electrons. The number of benzene rings is 2. The van der Waals surface area contributed by atoms with Crippen LogP contribution in [0, 0.1) is 0 Å². The Morgan fingerprint density at radius 2 is 1.62 bits per heavy atom. The van der Waals surface area contributed by atoms with Crippen LogP contribution in [0.1, 0.15) is 44.6 Å². The summed E-state index contributed by atoms with van der Waals surface area (Å²) in [7, 11) is 3.28. The predicted octanol–water partition coefficient (Wildman–Crippen LogP) is 5.91. The molecule has 0 saturated heterocycles. The SMILES string of the molecule is CCCN(CCC)CCCOc1c(OC)cc(/C=C/c2nc3ccccc3o2)cc1OC. The third-order valence-corrected chi connectivity index (χ3v) is 5.16. The third-order valence-electron chi connectivity index (χ3n) is 5.16. The number of ether oxygens (including phenoxy) is 3. The number of rotatable bonds is 13. The Morgan fingerprint density at radius 1 is 0.938 bits per heavy atom. The number of fused-ring (bicyclic) bond motifs is 1. The highest BCUT2D eigenvalue weighted by atomic mass is 16.5. The van der Waals surface area contributed by atoms with E-state index in [9.17, 15) is 0 Å². The number of methoxy groups -OCH3 is 2. The van der Waals surface area contributed by atoms with Crippen LogP contribution in [-0.2, 0) is 0 Å². The Bertz CT molecular complexity index is 948. The van der Waals surface area contributed by atoms with Gasteiger partial charge in [0.2, 0.25) is 11.6 Å². The fraction of sp³-hybridized carbons (Fsp3) is 0.423. The zero-order chi connectivity index (χ0) is 22.8. The molecule has 3 rings (SSSR count). The van der Waals surface area contributed by atoms with E-state index in [1.54, 1.807) is 14.2 Å². The van der Waals surface area contributed by atoms with Crippen molar-refractivity contribution in [2.75, 3.05) is 40.5 Å². The molecular weight excluding hydrogens is 404 g/mol. The molecular formula is C26H34N2O4. The lowest BCUT2D eigenvalue weighted by Gasteiger charge is -2.21. The van der Waals surface area contributed by atoms with Gasteiger partial charge >= 0.3 is 0 Å². The molecule has 172 valence electrons. The summed E-state index contributed by atoms with van der Waals surface area (Å²) in [6.07, 6.45) is 7.05. The Morgan fingerprint density at radius 3 is 2.25 bits per heavy atom. The Kier molecular flexibility index (Phi) is 8.99. The number of aromatic nitrogens is 1. The maximum absolute atomic E-state index is 6.08. The van der Waals surface area contributed by atoms with Gasteiger partial charge in [-0.1, -0.05) is 26.0 Å². The molecule has 6 nitrogen and oxygen atoms in total.